The van der Waals surface area contributed by atoms with Crippen LogP contribution >= 0.6 is 0 Å². The van der Waals surface area contributed by atoms with Crippen LogP contribution in [0.25, 0.3) is 0 Å². The molecule has 2 N–H and O–H groups in total. The molecule has 1 aromatic rings. The molecule has 3 heteroatoms. The SMILES string of the molecule is CN(Cc1cccc(CN)c1)CC1CCCN1C. The maximum absolute atomic E-state index is 5.68. The molecule has 0 saturated carbocycles. The second kappa shape index (κ2) is 6.32. The van der Waals surface area contributed by atoms with Crippen molar-refractivity contribution < 1.29 is 0 Å². The highest BCUT2D eigenvalue weighted by Crippen LogP contribution is 2.16. The normalized spacial score (nSPS) is 20.8. The molecule has 1 aliphatic rings. The molecule has 18 heavy (non-hydrogen) atoms. The Morgan fingerprint density at radius 1 is 1.39 bits per heavy atom. The van der Waals surface area contributed by atoms with Gasteiger partial charge in [-0.1, -0.05) is 24.3 Å². The molecule has 1 saturated heterocycles. The predicted molar refractivity (Wildman–Crippen MR) is 76.3 cm³/mol. The van der Waals surface area contributed by atoms with Crippen molar-refractivity contribution in [3.8, 4) is 0 Å². The van der Waals surface area contributed by atoms with E-state index < -0.39 is 0 Å². The zero-order valence-electron chi connectivity index (χ0n) is 11.6. The largest absolute Gasteiger partial charge is 0.326 e. The summed E-state index contributed by atoms with van der Waals surface area (Å²) in [4.78, 5) is 4.90. The summed E-state index contributed by atoms with van der Waals surface area (Å²) in [6.45, 7) is 4.05. The number of nitrogens with two attached hydrogens (primary N) is 1. The second-order valence-electron chi connectivity index (χ2n) is 5.50. The summed E-state index contributed by atoms with van der Waals surface area (Å²) in [5.41, 5.74) is 8.26. The molecule has 0 amide bonds. The molecule has 2 rings (SSSR count). The molecule has 1 unspecified atom stereocenters. The van der Waals surface area contributed by atoms with Gasteiger partial charge in [0.1, 0.15) is 0 Å². The lowest BCUT2D eigenvalue weighted by atomic mass is 10.1. The van der Waals surface area contributed by atoms with Crippen LogP contribution in [0.1, 0.15) is 24.0 Å². The smallest absolute Gasteiger partial charge is 0.0231 e. The average molecular weight is 247 g/mol. The lowest BCUT2D eigenvalue weighted by Gasteiger charge is -2.25. The molecule has 1 aliphatic heterocycles. The van der Waals surface area contributed by atoms with Crippen molar-refractivity contribution in [2.24, 2.45) is 5.73 Å². The van der Waals surface area contributed by atoms with E-state index in [9.17, 15) is 0 Å². The van der Waals surface area contributed by atoms with Gasteiger partial charge in [-0.25, -0.2) is 0 Å². The maximum Gasteiger partial charge on any atom is 0.0231 e. The minimum Gasteiger partial charge on any atom is -0.326 e. The van der Waals surface area contributed by atoms with Gasteiger partial charge in [0, 0.05) is 25.7 Å². The van der Waals surface area contributed by atoms with Crippen molar-refractivity contribution in [3.05, 3.63) is 35.4 Å². The summed E-state index contributed by atoms with van der Waals surface area (Å²) < 4.78 is 0. The van der Waals surface area contributed by atoms with Crippen LogP contribution in [0.3, 0.4) is 0 Å². The Bertz CT molecular complexity index is 378. The Morgan fingerprint density at radius 3 is 2.83 bits per heavy atom. The molecule has 3 nitrogen and oxygen atoms in total. The lowest BCUT2D eigenvalue weighted by Crippen LogP contribution is -2.36. The quantitative estimate of drug-likeness (QED) is 0.859. The zero-order chi connectivity index (χ0) is 13.0. The van der Waals surface area contributed by atoms with Gasteiger partial charge < -0.3 is 15.5 Å². The van der Waals surface area contributed by atoms with Crippen LogP contribution < -0.4 is 5.73 Å². The predicted octanol–water partition coefficient (Wildman–Crippen LogP) is 1.67. The maximum atomic E-state index is 5.68. The monoisotopic (exact) mass is 247 g/mol. The Kier molecular flexibility index (Phi) is 4.75. The van der Waals surface area contributed by atoms with Crippen LogP contribution in [0.2, 0.25) is 0 Å². The fourth-order valence-electron chi connectivity index (χ4n) is 2.80. The second-order valence-corrected chi connectivity index (χ2v) is 5.50. The van der Waals surface area contributed by atoms with Gasteiger partial charge >= 0.3 is 0 Å². The van der Waals surface area contributed by atoms with E-state index in [1.54, 1.807) is 0 Å². The number of likely N-dealkylation sites (N-methyl/N-ethyl adjacent to an activating group) is 2. The van der Waals surface area contributed by atoms with Crippen molar-refractivity contribution in [2.45, 2.75) is 32.0 Å². The Morgan fingerprint density at radius 2 is 2.17 bits per heavy atom. The first kappa shape index (κ1) is 13.5. The molecule has 0 spiro atoms. The highest BCUT2D eigenvalue weighted by atomic mass is 15.2. The first-order valence-corrected chi connectivity index (χ1v) is 6.85. The first-order chi connectivity index (χ1) is 8.69. The number of hydrogen-bond acceptors (Lipinski definition) is 3. The average Bonchev–Trinajstić information content (AvgIpc) is 2.75. The van der Waals surface area contributed by atoms with E-state index in [2.05, 4.69) is 48.2 Å². The summed E-state index contributed by atoms with van der Waals surface area (Å²) in [5.74, 6) is 0. The van der Waals surface area contributed by atoms with Crippen molar-refractivity contribution in [3.63, 3.8) is 0 Å². The Hall–Kier alpha value is -0.900. The van der Waals surface area contributed by atoms with Gasteiger partial charge in [-0.15, -0.1) is 0 Å². The van der Waals surface area contributed by atoms with E-state index in [0.717, 1.165) is 19.1 Å². The van der Waals surface area contributed by atoms with E-state index in [0.29, 0.717) is 6.54 Å². The first-order valence-electron chi connectivity index (χ1n) is 6.85. The number of hydrogen-bond donors (Lipinski definition) is 1. The number of rotatable bonds is 5. The summed E-state index contributed by atoms with van der Waals surface area (Å²) >= 11 is 0. The van der Waals surface area contributed by atoms with Crippen LogP contribution in [-0.2, 0) is 13.1 Å². The van der Waals surface area contributed by atoms with Gasteiger partial charge in [0.2, 0.25) is 0 Å². The van der Waals surface area contributed by atoms with Crippen molar-refractivity contribution in [1.29, 1.82) is 0 Å². The summed E-state index contributed by atoms with van der Waals surface area (Å²) in [6, 6.07) is 9.33. The van der Waals surface area contributed by atoms with E-state index in [1.807, 2.05) is 0 Å². The zero-order valence-corrected chi connectivity index (χ0v) is 11.6. The molecule has 1 aromatic carbocycles. The molecule has 0 aromatic heterocycles. The molecular formula is C15H25N3. The van der Waals surface area contributed by atoms with Gasteiger partial charge in [0.25, 0.3) is 0 Å². The highest BCUT2D eigenvalue weighted by molar-refractivity contribution is 5.23. The topological polar surface area (TPSA) is 32.5 Å². The third-order valence-corrected chi connectivity index (χ3v) is 3.87. The minimum absolute atomic E-state index is 0.628. The van der Waals surface area contributed by atoms with E-state index in [4.69, 9.17) is 5.73 Å². The van der Waals surface area contributed by atoms with Gasteiger partial charge in [0.05, 0.1) is 0 Å². The van der Waals surface area contributed by atoms with Gasteiger partial charge in [0.15, 0.2) is 0 Å². The fourth-order valence-corrected chi connectivity index (χ4v) is 2.80. The third kappa shape index (κ3) is 3.55. The van der Waals surface area contributed by atoms with Crippen LogP contribution in [0.4, 0.5) is 0 Å². The third-order valence-electron chi connectivity index (χ3n) is 3.87. The van der Waals surface area contributed by atoms with E-state index in [-0.39, 0.29) is 0 Å². The Balaban J connectivity index is 1.88. The summed E-state index contributed by atoms with van der Waals surface area (Å²) in [5, 5.41) is 0. The standard InChI is InChI=1S/C15H25N3/c1-17(12-15-7-4-8-18(15)2)11-14-6-3-5-13(9-14)10-16/h3,5-6,9,15H,4,7-8,10-12,16H2,1-2H3. The van der Waals surface area contributed by atoms with Gasteiger partial charge in [-0.3, -0.25) is 0 Å². The molecular weight excluding hydrogens is 222 g/mol. The van der Waals surface area contributed by atoms with Crippen LogP contribution in [-0.4, -0.2) is 43.0 Å². The molecule has 100 valence electrons. The van der Waals surface area contributed by atoms with Crippen LogP contribution in [0.15, 0.2) is 24.3 Å². The van der Waals surface area contributed by atoms with Crippen molar-refractivity contribution in [2.75, 3.05) is 27.2 Å². The van der Waals surface area contributed by atoms with Crippen LogP contribution in [0.5, 0.6) is 0 Å². The summed E-state index contributed by atoms with van der Waals surface area (Å²) in [6.07, 6.45) is 2.68. The highest BCUT2D eigenvalue weighted by Gasteiger charge is 2.21. The van der Waals surface area contributed by atoms with Crippen molar-refractivity contribution in [1.82, 2.24) is 9.80 Å². The Labute approximate surface area is 111 Å². The number of benzene rings is 1. The summed E-state index contributed by atoms with van der Waals surface area (Å²) in [7, 11) is 4.45. The lowest BCUT2D eigenvalue weighted by molar-refractivity contribution is 0.215. The molecule has 1 fully saturated rings. The van der Waals surface area contributed by atoms with Gasteiger partial charge in [-0.2, -0.15) is 0 Å². The van der Waals surface area contributed by atoms with Gasteiger partial charge in [-0.05, 0) is 44.6 Å². The van der Waals surface area contributed by atoms with E-state index >= 15 is 0 Å². The molecule has 0 radical (unpaired) electrons. The van der Waals surface area contributed by atoms with Crippen molar-refractivity contribution >= 4 is 0 Å². The van der Waals surface area contributed by atoms with E-state index in [1.165, 1.54) is 30.5 Å². The molecule has 1 atom stereocenters. The minimum atomic E-state index is 0.628. The molecule has 0 bridgehead atoms. The number of likely N-dealkylation sites (tertiary alicyclic amines) is 1. The fraction of sp³-hybridized carbons (Fsp3) is 0.600. The number of nitrogens with zero attached hydrogens (tertiary/aromatic N) is 2. The van der Waals surface area contributed by atoms with Crippen LogP contribution in [0, 0.1) is 0 Å². The molecule has 0 aliphatic carbocycles. The molecule has 1 heterocycles.